The van der Waals surface area contributed by atoms with E-state index in [9.17, 15) is 14.4 Å². The average Bonchev–Trinajstić information content (AvgIpc) is 3.48. The first-order valence-corrected chi connectivity index (χ1v) is 14.5. The van der Waals surface area contributed by atoms with Crippen molar-refractivity contribution < 1.29 is 19.1 Å². The van der Waals surface area contributed by atoms with Crippen LogP contribution in [0.3, 0.4) is 0 Å². The van der Waals surface area contributed by atoms with E-state index in [1.165, 1.54) is 11.3 Å². The number of likely N-dealkylation sites (tertiary alicyclic amines) is 1. The Hall–Kier alpha value is -3.57. The minimum Gasteiger partial charge on any atom is -0.446 e. The van der Waals surface area contributed by atoms with Gasteiger partial charge in [-0.05, 0) is 49.6 Å². The topological polar surface area (TPSA) is 126 Å². The van der Waals surface area contributed by atoms with Crippen molar-refractivity contribution in [2.45, 2.75) is 25.4 Å². The molecule has 2 heterocycles. The Kier molecular flexibility index (Phi) is 11.2. The molecule has 3 aromatic rings. The minimum absolute atomic E-state index is 0.0297. The smallest absolute Gasteiger partial charge is 0.411 e. The van der Waals surface area contributed by atoms with Crippen LogP contribution in [0.5, 0.6) is 0 Å². The highest BCUT2D eigenvalue weighted by atomic mass is 32.1. The lowest BCUT2D eigenvalue weighted by atomic mass is 10.0. The number of carbonyl (C=O) groups excluding carboxylic acids is 3. The van der Waals surface area contributed by atoms with Crippen molar-refractivity contribution >= 4 is 34.8 Å². The lowest BCUT2D eigenvalue weighted by Crippen LogP contribution is -2.41. The van der Waals surface area contributed by atoms with Crippen LogP contribution < -0.4 is 21.7 Å². The van der Waals surface area contributed by atoms with E-state index in [1.54, 1.807) is 12.1 Å². The number of ketones is 1. The summed E-state index contributed by atoms with van der Waals surface area (Å²) in [5.41, 5.74) is 8.15. The Morgan fingerprint density at radius 1 is 0.925 bits per heavy atom. The van der Waals surface area contributed by atoms with Gasteiger partial charge in [0.15, 0.2) is 5.78 Å². The van der Waals surface area contributed by atoms with Crippen LogP contribution in [0.1, 0.15) is 38.6 Å². The van der Waals surface area contributed by atoms with Crippen LogP contribution in [0, 0.1) is 0 Å². The van der Waals surface area contributed by atoms with E-state index in [0.717, 1.165) is 55.7 Å². The molecule has 0 bridgehead atoms. The van der Waals surface area contributed by atoms with E-state index in [-0.39, 0.29) is 24.3 Å². The summed E-state index contributed by atoms with van der Waals surface area (Å²) < 4.78 is 5.72. The number of nitrogens with two attached hydrogens (primary N) is 1. The molecule has 0 aliphatic carbocycles. The fourth-order valence-corrected chi connectivity index (χ4v) is 5.39. The normalized spacial score (nSPS) is 14.0. The zero-order valence-electron chi connectivity index (χ0n) is 22.6. The summed E-state index contributed by atoms with van der Waals surface area (Å²) in [5.74, 6) is -0.203. The van der Waals surface area contributed by atoms with E-state index < -0.39 is 6.09 Å². The molecule has 10 heteroatoms. The third-order valence-electron chi connectivity index (χ3n) is 6.72. The number of piperidine rings is 1. The molecule has 9 nitrogen and oxygen atoms in total. The maximum absolute atomic E-state index is 12.6. The molecule has 4 rings (SSSR count). The van der Waals surface area contributed by atoms with Crippen molar-refractivity contribution in [1.29, 1.82) is 0 Å². The Balaban J connectivity index is 1.12. The summed E-state index contributed by atoms with van der Waals surface area (Å²) in [6.45, 7) is 4.39. The fourth-order valence-electron chi connectivity index (χ4n) is 4.53. The van der Waals surface area contributed by atoms with Crippen molar-refractivity contribution in [1.82, 2.24) is 15.5 Å². The van der Waals surface area contributed by atoms with Gasteiger partial charge in [-0.3, -0.25) is 14.9 Å². The van der Waals surface area contributed by atoms with Gasteiger partial charge in [-0.15, -0.1) is 11.3 Å². The minimum atomic E-state index is -0.438. The van der Waals surface area contributed by atoms with Crippen LogP contribution in [-0.2, 0) is 4.74 Å². The Labute approximate surface area is 239 Å². The molecule has 1 saturated heterocycles. The van der Waals surface area contributed by atoms with E-state index in [0.29, 0.717) is 29.4 Å². The molecule has 0 unspecified atom stereocenters. The summed E-state index contributed by atoms with van der Waals surface area (Å²) in [6.07, 6.45) is 1.68. The highest BCUT2D eigenvalue weighted by molar-refractivity contribution is 7.16. The number of nitrogens with zero attached hydrogens (tertiary/aromatic N) is 1. The highest BCUT2D eigenvalue weighted by Gasteiger charge is 2.22. The molecule has 0 saturated carbocycles. The number of ether oxygens (including phenoxy) is 1. The predicted molar refractivity (Wildman–Crippen MR) is 159 cm³/mol. The monoisotopic (exact) mass is 563 g/mol. The van der Waals surface area contributed by atoms with Gasteiger partial charge in [0.05, 0.1) is 22.0 Å². The first-order valence-electron chi connectivity index (χ1n) is 13.7. The molecule has 0 spiro atoms. The summed E-state index contributed by atoms with van der Waals surface area (Å²) in [4.78, 5) is 40.6. The number of amides is 2. The van der Waals surface area contributed by atoms with Gasteiger partial charge in [0.2, 0.25) is 0 Å². The zero-order chi connectivity index (χ0) is 28.2. The molecule has 2 amide bonds. The maximum Gasteiger partial charge on any atom is 0.411 e. The number of carbonyl (C=O) groups is 3. The quantitative estimate of drug-likeness (QED) is 0.183. The van der Waals surface area contributed by atoms with Gasteiger partial charge in [0.25, 0.3) is 5.91 Å². The van der Waals surface area contributed by atoms with E-state index >= 15 is 0 Å². The number of para-hydroxylation sites is 1. The maximum atomic E-state index is 12.6. The summed E-state index contributed by atoms with van der Waals surface area (Å²) >= 11 is 1.21. The summed E-state index contributed by atoms with van der Waals surface area (Å²) in [7, 11) is 0. The first kappa shape index (κ1) is 29.4. The second kappa shape index (κ2) is 15.3. The van der Waals surface area contributed by atoms with E-state index in [2.05, 4.69) is 20.9 Å². The van der Waals surface area contributed by atoms with Gasteiger partial charge in [0, 0.05) is 38.3 Å². The van der Waals surface area contributed by atoms with E-state index in [1.807, 2.05) is 54.6 Å². The van der Waals surface area contributed by atoms with Crippen molar-refractivity contribution in [3.63, 3.8) is 0 Å². The largest absolute Gasteiger partial charge is 0.446 e. The van der Waals surface area contributed by atoms with Gasteiger partial charge < -0.3 is 26.0 Å². The number of anilines is 1. The van der Waals surface area contributed by atoms with Gasteiger partial charge in [-0.1, -0.05) is 48.5 Å². The van der Waals surface area contributed by atoms with Gasteiger partial charge in [-0.2, -0.15) is 0 Å². The molecule has 212 valence electrons. The summed E-state index contributed by atoms with van der Waals surface area (Å²) in [6, 6.07) is 21.0. The molecule has 5 N–H and O–H groups in total. The van der Waals surface area contributed by atoms with Crippen molar-refractivity contribution in [2.24, 2.45) is 5.73 Å². The summed E-state index contributed by atoms with van der Waals surface area (Å²) in [5, 5.41) is 8.92. The van der Waals surface area contributed by atoms with Crippen molar-refractivity contribution in [3.8, 4) is 11.1 Å². The van der Waals surface area contributed by atoms with Crippen LogP contribution >= 0.6 is 11.3 Å². The number of nitrogens with one attached hydrogen (secondary N) is 3. The highest BCUT2D eigenvalue weighted by Crippen LogP contribution is 2.28. The number of hydrogen-bond donors (Lipinski definition) is 4. The lowest BCUT2D eigenvalue weighted by molar-refractivity contribution is 0.0593. The average molecular weight is 564 g/mol. The van der Waals surface area contributed by atoms with Crippen LogP contribution in [0.2, 0.25) is 0 Å². The van der Waals surface area contributed by atoms with Crippen LogP contribution in [0.15, 0.2) is 66.7 Å². The SMILES string of the molecule is NCCCNC(=O)c1ccc(C(=O)CNCCN2CCC(OC(=O)Nc3ccccc3-c3ccccc3)CC2)s1. The second-order valence-corrected chi connectivity index (χ2v) is 10.7. The van der Waals surface area contributed by atoms with Crippen LogP contribution in [0.4, 0.5) is 10.5 Å². The molecule has 1 aromatic heterocycles. The molecular weight excluding hydrogens is 526 g/mol. The van der Waals surface area contributed by atoms with Crippen LogP contribution in [0.25, 0.3) is 11.1 Å². The molecule has 1 fully saturated rings. The van der Waals surface area contributed by atoms with Crippen molar-refractivity contribution in [2.75, 3.05) is 51.1 Å². The Morgan fingerprint density at radius 2 is 1.65 bits per heavy atom. The number of thiophene rings is 1. The molecular formula is C30H37N5O4S. The molecule has 0 radical (unpaired) electrons. The fraction of sp³-hybridized carbons (Fsp3) is 0.367. The second-order valence-electron chi connectivity index (χ2n) is 9.64. The van der Waals surface area contributed by atoms with Crippen LogP contribution in [-0.4, -0.2) is 74.6 Å². The zero-order valence-corrected chi connectivity index (χ0v) is 23.4. The standard InChI is InChI=1S/C30H37N5O4S/c31-15-6-16-33-29(37)28-12-11-27(40-28)26(36)21-32-17-20-35-18-13-23(14-19-35)39-30(38)34-25-10-5-4-9-24(25)22-7-2-1-3-8-22/h1-5,7-12,23,32H,6,13-21,31H2,(H,33,37)(H,34,38). The van der Waals surface area contributed by atoms with Crippen molar-refractivity contribution in [3.05, 3.63) is 76.5 Å². The van der Waals surface area contributed by atoms with Gasteiger partial charge in [0.1, 0.15) is 6.10 Å². The Morgan fingerprint density at radius 3 is 2.42 bits per heavy atom. The molecule has 0 atom stereocenters. The predicted octanol–water partition coefficient (Wildman–Crippen LogP) is 3.98. The first-order chi connectivity index (χ1) is 19.5. The number of benzene rings is 2. The molecule has 2 aromatic carbocycles. The number of rotatable bonds is 13. The number of hydrogen-bond acceptors (Lipinski definition) is 8. The lowest BCUT2D eigenvalue weighted by Gasteiger charge is -2.31. The molecule has 1 aliphatic rings. The molecule has 1 aliphatic heterocycles. The third-order valence-corrected chi connectivity index (χ3v) is 7.84. The van der Waals surface area contributed by atoms with Gasteiger partial charge >= 0.3 is 6.09 Å². The number of Topliss-reactive ketones (excluding diaryl/α,β-unsaturated/α-hetero) is 1. The molecule has 40 heavy (non-hydrogen) atoms. The third kappa shape index (κ3) is 8.72. The Bertz CT molecular complexity index is 1260. The van der Waals surface area contributed by atoms with E-state index in [4.69, 9.17) is 10.5 Å². The van der Waals surface area contributed by atoms with Gasteiger partial charge in [-0.25, -0.2) is 4.79 Å².